The molecule has 0 spiro atoms. The van der Waals surface area contributed by atoms with Gasteiger partial charge in [-0.3, -0.25) is 4.98 Å². The van der Waals surface area contributed by atoms with Crippen LogP contribution in [-0.4, -0.2) is 23.0 Å². The van der Waals surface area contributed by atoms with Gasteiger partial charge in [0.1, 0.15) is 5.16 Å². The van der Waals surface area contributed by atoms with Gasteiger partial charge in [0.05, 0.1) is 11.6 Å². The Kier molecular flexibility index (Phi) is 3.79. The van der Waals surface area contributed by atoms with Crippen molar-refractivity contribution in [3.05, 3.63) is 53.0 Å². The van der Waals surface area contributed by atoms with Gasteiger partial charge in [-0.25, -0.2) is 0 Å². The summed E-state index contributed by atoms with van der Waals surface area (Å²) in [6.07, 6.45) is 6.21. The van der Waals surface area contributed by atoms with E-state index in [1.54, 1.807) is 12.3 Å². The molecule has 0 saturated carbocycles. The molecular weight excluding hydrogens is 234 g/mol. The van der Waals surface area contributed by atoms with Crippen LogP contribution in [0.5, 0.6) is 0 Å². The second-order valence-electron chi connectivity index (χ2n) is 3.76. The highest BCUT2D eigenvalue weighted by Crippen LogP contribution is 2.18. The van der Waals surface area contributed by atoms with Crippen LogP contribution in [0.2, 0.25) is 0 Å². The molecule has 0 radical (unpaired) electrons. The Balaban J connectivity index is 1.93. The van der Waals surface area contributed by atoms with Crippen molar-refractivity contribution in [1.82, 2.24) is 9.88 Å². The van der Waals surface area contributed by atoms with Gasteiger partial charge in [0.2, 0.25) is 0 Å². The van der Waals surface area contributed by atoms with E-state index in [2.05, 4.69) is 11.1 Å². The number of nitriles is 1. The van der Waals surface area contributed by atoms with E-state index in [4.69, 9.17) is 16.9 Å². The lowest BCUT2D eigenvalue weighted by Gasteiger charge is -2.24. The van der Waals surface area contributed by atoms with Crippen molar-refractivity contribution in [2.75, 3.05) is 13.1 Å². The number of halogens is 1. The average molecular weight is 246 g/mol. The molecule has 4 heteroatoms. The lowest BCUT2D eigenvalue weighted by molar-refractivity contribution is 0.401. The van der Waals surface area contributed by atoms with Crippen molar-refractivity contribution >= 4 is 11.6 Å². The summed E-state index contributed by atoms with van der Waals surface area (Å²) >= 11 is 6.10. The highest BCUT2D eigenvalue weighted by atomic mass is 35.5. The highest BCUT2D eigenvalue weighted by molar-refractivity contribution is 6.29. The zero-order chi connectivity index (χ0) is 12.1. The molecule has 2 heterocycles. The first kappa shape index (κ1) is 11.7. The molecule has 86 valence electrons. The van der Waals surface area contributed by atoms with Crippen molar-refractivity contribution in [3.8, 4) is 6.07 Å². The molecule has 0 atom stereocenters. The van der Waals surface area contributed by atoms with Crippen molar-refractivity contribution in [3.63, 3.8) is 0 Å². The Hall–Kier alpha value is -1.79. The van der Waals surface area contributed by atoms with Crippen LogP contribution in [0.1, 0.15) is 5.69 Å². The standard InChI is InChI=1S/C13H12ClN3/c14-13-9-11(10-15)4-7-17(13)8-5-12-3-1-2-6-16-12/h1-4,6,9H,5,7-8H2. The van der Waals surface area contributed by atoms with Crippen LogP contribution in [-0.2, 0) is 6.42 Å². The van der Waals surface area contributed by atoms with Gasteiger partial charge < -0.3 is 4.90 Å². The molecule has 0 unspecified atom stereocenters. The molecule has 0 saturated heterocycles. The molecule has 1 aromatic heterocycles. The number of aromatic nitrogens is 1. The van der Waals surface area contributed by atoms with E-state index in [0.717, 1.165) is 18.7 Å². The summed E-state index contributed by atoms with van der Waals surface area (Å²) in [6.45, 7) is 1.49. The van der Waals surface area contributed by atoms with Gasteiger partial charge in [-0.05, 0) is 24.3 Å². The first-order valence-electron chi connectivity index (χ1n) is 5.42. The molecule has 0 amide bonds. The zero-order valence-electron chi connectivity index (χ0n) is 9.31. The second-order valence-corrected chi connectivity index (χ2v) is 4.14. The third kappa shape index (κ3) is 3.08. The molecule has 0 aliphatic carbocycles. The van der Waals surface area contributed by atoms with E-state index < -0.39 is 0 Å². The van der Waals surface area contributed by atoms with Gasteiger partial charge in [-0.15, -0.1) is 0 Å². The van der Waals surface area contributed by atoms with E-state index in [1.807, 2.05) is 29.2 Å². The Labute approximate surface area is 106 Å². The predicted octanol–water partition coefficient (Wildman–Crippen LogP) is 2.47. The van der Waals surface area contributed by atoms with E-state index >= 15 is 0 Å². The summed E-state index contributed by atoms with van der Waals surface area (Å²) < 4.78 is 0. The van der Waals surface area contributed by atoms with Crippen LogP contribution >= 0.6 is 11.6 Å². The molecule has 1 aliphatic heterocycles. The molecule has 17 heavy (non-hydrogen) atoms. The third-order valence-electron chi connectivity index (χ3n) is 2.60. The molecule has 0 aromatic carbocycles. The van der Waals surface area contributed by atoms with Gasteiger partial charge in [0.25, 0.3) is 0 Å². The van der Waals surface area contributed by atoms with Crippen LogP contribution in [0.3, 0.4) is 0 Å². The van der Waals surface area contributed by atoms with Crippen molar-refractivity contribution < 1.29 is 0 Å². The Morgan fingerprint density at radius 3 is 3.00 bits per heavy atom. The van der Waals surface area contributed by atoms with Gasteiger partial charge in [0.15, 0.2) is 0 Å². The number of hydrogen-bond acceptors (Lipinski definition) is 3. The summed E-state index contributed by atoms with van der Waals surface area (Å²) in [5, 5.41) is 9.38. The van der Waals surface area contributed by atoms with Gasteiger partial charge in [0, 0.05) is 31.4 Å². The van der Waals surface area contributed by atoms with Crippen LogP contribution in [0.4, 0.5) is 0 Å². The van der Waals surface area contributed by atoms with Crippen LogP contribution in [0.25, 0.3) is 0 Å². The zero-order valence-corrected chi connectivity index (χ0v) is 10.1. The van der Waals surface area contributed by atoms with Gasteiger partial charge >= 0.3 is 0 Å². The molecule has 1 aromatic rings. The number of pyridine rings is 1. The predicted molar refractivity (Wildman–Crippen MR) is 67.1 cm³/mol. The normalized spacial score (nSPS) is 14.9. The first-order chi connectivity index (χ1) is 8.29. The first-order valence-corrected chi connectivity index (χ1v) is 5.79. The van der Waals surface area contributed by atoms with Crippen molar-refractivity contribution in [1.29, 1.82) is 5.26 Å². The summed E-state index contributed by atoms with van der Waals surface area (Å²) in [6, 6.07) is 7.97. The molecule has 3 nitrogen and oxygen atoms in total. The summed E-state index contributed by atoms with van der Waals surface area (Å²) in [5.41, 5.74) is 1.68. The van der Waals surface area contributed by atoms with Gasteiger partial charge in [-0.2, -0.15) is 5.26 Å². The van der Waals surface area contributed by atoms with Gasteiger partial charge in [-0.1, -0.05) is 17.7 Å². The summed E-state index contributed by atoms with van der Waals surface area (Å²) in [4.78, 5) is 6.29. The Morgan fingerprint density at radius 2 is 2.35 bits per heavy atom. The Morgan fingerprint density at radius 1 is 1.47 bits per heavy atom. The minimum absolute atomic E-state index is 0.625. The monoisotopic (exact) mass is 245 g/mol. The SMILES string of the molecule is N#CC1=CCN(CCc2ccccn2)C(Cl)=C1. The highest BCUT2D eigenvalue weighted by Gasteiger charge is 2.11. The maximum absolute atomic E-state index is 8.75. The minimum Gasteiger partial charge on any atom is -0.358 e. The Bertz CT molecular complexity index is 485. The minimum atomic E-state index is 0.625. The van der Waals surface area contributed by atoms with Crippen molar-refractivity contribution in [2.45, 2.75) is 6.42 Å². The van der Waals surface area contributed by atoms with E-state index in [0.29, 0.717) is 17.3 Å². The van der Waals surface area contributed by atoms with Crippen LogP contribution in [0.15, 0.2) is 47.3 Å². The molecule has 1 aliphatic rings. The van der Waals surface area contributed by atoms with E-state index in [-0.39, 0.29) is 0 Å². The fourth-order valence-corrected chi connectivity index (χ4v) is 1.92. The maximum Gasteiger partial charge on any atom is 0.106 e. The second kappa shape index (κ2) is 5.51. The molecule has 0 fully saturated rings. The van der Waals surface area contributed by atoms with Crippen molar-refractivity contribution in [2.24, 2.45) is 0 Å². The number of rotatable bonds is 3. The maximum atomic E-state index is 8.75. The molecule has 0 bridgehead atoms. The third-order valence-corrected chi connectivity index (χ3v) is 2.95. The summed E-state index contributed by atoms with van der Waals surface area (Å²) in [5.74, 6) is 0. The molecule has 0 N–H and O–H groups in total. The molecule has 2 rings (SSSR count). The average Bonchev–Trinajstić information content (AvgIpc) is 2.38. The number of nitrogens with zero attached hydrogens (tertiary/aromatic N) is 3. The quantitative estimate of drug-likeness (QED) is 0.768. The smallest absolute Gasteiger partial charge is 0.106 e. The summed E-state index contributed by atoms with van der Waals surface area (Å²) in [7, 11) is 0. The van der Waals surface area contributed by atoms with Crippen LogP contribution < -0.4 is 0 Å². The lowest BCUT2D eigenvalue weighted by Crippen LogP contribution is -2.26. The number of hydrogen-bond donors (Lipinski definition) is 0. The fourth-order valence-electron chi connectivity index (χ4n) is 1.65. The topological polar surface area (TPSA) is 39.9 Å². The lowest BCUT2D eigenvalue weighted by atomic mass is 10.2. The largest absolute Gasteiger partial charge is 0.358 e. The van der Waals surface area contributed by atoms with E-state index in [1.165, 1.54) is 0 Å². The van der Waals surface area contributed by atoms with Crippen LogP contribution in [0, 0.1) is 11.3 Å². The van der Waals surface area contributed by atoms with E-state index in [9.17, 15) is 0 Å². The number of allylic oxidation sites excluding steroid dienone is 2. The fraction of sp³-hybridized carbons (Fsp3) is 0.231. The molecular formula is C13H12ClN3.